The number of aryl methyl sites for hydroxylation is 2. The van der Waals surface area contributed by atoms with Crippen molar-refractivity contribution in [1.82, 2.24) is 29.9 Å². The molecule has 0 aliphatic heterocycles. The molecule has 52 heavy (non-hydrogen) atoms. The molecule has 3 heterocycles. The number of amides is 1. The number of aromatic nitrogens is 5. The van der Waals surface area contributed by atoms with Gasteiger partial charge in [-0.05, 0) is 61.4 Å². The molecule has 4 atom stereocenters. The van der Waals surface area contributed by atoms with E-state index in [0.29, 0.717) is 38.5 Å². The van der Waals surface area contributed by atoms with Crippen LogP contribution in [-0.2, 0) is 40.4 Å². The van der Waals surface area contributed by atoms with Gasteiger partial charge in [0.2, 0.25) is 5.91 Å². The first-order valence-corrected chi connectivity index (χ1v) is 18.4. The van der Waals surface area contributed by atoms with Gasteiger partial charge < -0.3 is 11.1 Å². The van der Waals surface area contributed by atoms with Crippen LogP contribution in [0.3, 0.4) is 0 Å². The lowest BCUT2D eigenvalue weighted by Gasteiger charge is -2.24. The van der Waals surface area contributed by atoms with Crippen LogP contribution in [0.4, 0.5) is 37.8 Å². The van der Waals surface area contributed by atoms with Crippen molar-refractivity contribution < 1.29 is 35.3 Å². The number of nitrogens with zero attached hydrogens (tertiary/aromatic N) is 5. The Labute approximate surface area is 298 Å². The number of benzene rings is 2. The minimum Gasteiger partial charge on any atom is -0.397 e. The maximum Gasteiger partial charge on any atom is 0.293 e. The zero-order valence-electron chi connectivity index (χ0n) is 27.8. The van der Waals surface area contributed by atoms with Gasteiger partial charge in [0, 0.05) is 51.7 Å². The molecule has 1 saturated carbocycles. The summed E-state index contributed by atoms with van der Waals surface area (Å²) in [5, 5.41) is 11.5. The smallest absolute Gasteiger partial charge is 0.293 e. The molecule has 0 saturated heterocycles. The van der Waals surface area contributed by atoms with Crippen LogP contribution in [0.2, 0.25) is 5.02 Å². The van der Waals surface area contributed by atoms with Gasteiger partial charge in [0.05, 0.1) is 39.0 Å². The van der Waals surface area contributed by atoms with E-state index >= 15 is 8.78 Å². The van der Waals surface area contributed by atoms with Crippen molar-refractivity contribution in [2.45, 2.75) is 50.6 Å². The second kappa shape index (κ2) is 12.4. The molecule has 18 heteroatoms. The fourth-order valence-electron chi connectivity index (χ4n) is 7.13. The van der Waals surface area contributed by atoms with E-state index in [1.165, 1.54) is 10.9 Å². The van der Waals surface area contributed by atoms with Crippen molar-refractivity contribution in [2.75, 3.05) is 16.7 Å². The molecular formula is C34H31ClF6N8O2S. The lowest BCUT2D eigenvalue weighted by atomic mass is 9.93. The summed E-state index contributed by atoms with van der Waals surface area (Å²) in [6, 6.07) is 6.40. The number of hydrogen-bond acceptors (Lipinski definition) is 6. The Morgan fingerprint density at radius 2 is 1.83 bits per heavy atom. The number of fused-ring (bicyclic) bond motifs is 4. The van der Waals surface area contributed by atoms with Gasteiger partial charge in [0.15, 0.2) is 5.82 Å². The molecule has 2 aromatic carbocycles. The van der Waals surface area contributed by atoms with E-state index in [-0.39, 0.29) is 46.2 Å². The molecule has 0 bridgehead atoms. The SMILES string of the molecule is C=S(C)(=O)Nc1nn(C)c2c(-c3cc(N)c(C)nc3[C@H](Cc3cc(F)cc(F)c3)NC(=O)Cn3nc(C(F)F)c4c3C(F)(F)[C@@H]3C[C@H]43)ccc(Cl)c12. The number of nitrogens with one attached hydrogen (secondary N) is 2. The van der Waals surface area contributed by atoms with E-state index in [1.54, 1.807) is 32.2 Å². The van der Waals surface area contributed by atoms with Gasteiger partial charge in [-0.2, -0.15) is 19.0 Å². The van der Waals surface area contributed by atoms with Crippen molar-refractivity contribution in [1.29, 1.82) is 0 Å². The minimum absolute atomic E-state index is 0.0493. The Morgan fingerprint density at radius 3 is 2.48 bits per heavy atom. The molecule has 2 aliphatic rings. The second-order valence-electron chi connectivity index (χ2n) is 13.3. The van der Waals surface area contributed by atoms with E-state index in [2.05, 4.69) is 26.1 Å². The van der Waals surface area contributed by atoms with Gasteiger partial charge in [0.25, 0.3) is 12.3 Å². The number of alkyl halides is 4. The number of anilines is 2. The van der Waals surface area contributed by atoms with Gasteiger partial charge in [0.1, 0.15) is 29.6 Å². The standard InChI is InChI=1S/C34H31ClF6N8O2S/c1-14-23(42)12-19(18-5-6-22(35)27-30(18)48(2)46-33(27)47-52(3,4)51)28(43-14)24(9-15-7-16(36)10-17(37)8-15)44-25(50)13-49-31-26(29(45-49)32(38)39)20-11-21(20)34(31,40)41/h5-8,10,12,20-21,24,32H,3,9,11,13,42H2,1-2,4H3,(H,44,50)(H,46,47,51)/t20-,21+,24-,52?/m0/s1. The lowest BCUT2D eigenvalue weighted by molar-refractivity contribution is -0.123. The quantitative estimate of drug-likeness (QED) is 0.109. The van der Waals surface area contributed by atoms with Crippen LogP contribution in [0.25, 0.3) is 22.0 Å². The maximum absolute atomic E-state index is 15.3. The predicted molar refractivity (Wildman–Crippen MR) is 186 cm³/mol. The number of halogens is 7. The summed E-state index contributed by atoms with van der Waals surface area (Å²) in [5.41, 5.74) is 6.66. The topological polar surface area (TPSA) is 133 Å². The summed E-state index contributed by atoms with van der Waals surface area (Å²) in [4.78, 5) is 18.5. The zero-order valence-corrected chi connectivity index (χ0v) is 29.4. The molecule has 7 rings (SSSR count). The van der Waals surface area contributed by atoms with Gasteiger partial charge in [-0.3, -0.25) is 23.9 Å². The highest BCUT2D eigenvalue weighted by molar-refractivity contribution is 8.00. The van der Waals surface area contributed by atoms with Gasteiger partial charge >= 0.3 is 0 Å². The van der Waals surface area contributed by atoms with E-state index in [0.717, 1.165) is 12.1 Å². The molecular weight excluding hydrogens is 734 g/mol. The van der Waals surface area contributed by atoms with Crippen LogP contribution in [0.5, 0.6) is 0 Å². The van der Waals surface area contributed by atoms with Crippen LogP contribution in [-0.4, -0.2) is 46.8 Å². The van der Waals surface area contributed by atoms with Crippen molar-refractivity contribution in [2.24, 2.45) is 13.0 Å². The summed E-state index contributed by atoms with van der Waals surface area (Å²) in [6.07, 6.45) is -1.96. The third kappa shape index (κ3) is 6.22. The number of hydrogen-bond donors (Lipinski definition) is 3. The number of rotatable bonds is 10. The lowest BCUT2D eigenvalue weighted by Crippen LogP contribution is -2.35. The summed E-state index contributed by atoms with van der Waals surface area (Å²) < 4.78 is 105. The molecule has 2 aliphatic carbocycles. The Hall–Kier alpha value is -4.77. The minimum atomic E-state index is -3.46. The maximum atomic E-state index is 15.3. The van der Waals surface area contributed by atoms with Crippen molar-refractivity contribution in [3.8, 4) is 11.1 Å². The monoisotopic (exact) mass is 764 g/mol. The number of carbonyl (C=O) groups excluding carboxylic acids is 1. The number of pyridine rings is 1. The normalized spacial score (nSPS) is 19.0. The zero-order chi connectivity index (χ0) is 37.6. The van der Waals surface area contributed by atoms with Crippen LogP contribution < -0.4 is 15.8 Å². The predicted octanol–water partition coefficient (Wildman–Crippen LogP) is 6.57. The molecule has 4 N–H and O–H groups in total. The fourth-order valence-corrected chi connectivity index (χ4v) is 7.92. The van der Waals surface area contributed by atoms with E-state index in [4.69, 9.17) is 22.3 Å². The number of carbonyl (C=O) groups is 1. The van der Waals surface area contributed by atoms with Crippen LogP contribution in [0.1, 0.15) is 58.7 Å². The molecule has 1 amide bonds. The largest absolute Gasteiger partial charge is 0.397 e. The molecule has 0 spiro atoms. The fraction of sp³-hybridized carbons (Fsp3) is 0.324. The first-order valence-electron chi connectivity index (χ1n) is 15.9. The average Bonchev–Trinajstić information content (AvgIpc) is 3.57. The molecule has 274 valence electrons. The van der Waals surface area contributed by atoms with Crippen LogP contribution in [0.15, 0.2) is 36.4 Å². The highest BCUT2D eigenvalue weighted by atomic mass is 35.5. The average molecular weight is 765 g/mol. The van der Waals surface area contributed by atoms with Gasteiger partial charge in [-0.1, -0.05) is 17.7 Å². The molecule has 3 aromatic heterocycles. The third-order valence-electron chi connectivity index (χ3n) is 9.31. The first kappa shape index (κ1) is 35.6. The summed E-state index contributed by atoms with van der Waals surface area (Å²) >= 11 is 6.62. The Balaban J connectivity index is 1.35. The highest BCUT2D eigenvalue weighted by Crippen LogP contribution is 2.68. The molecule has 5 aromatic rings. The van der Waals surface area contributed by atoms with Crippen molar-refractivity contribution in [3.05, 3.63) is 87.0 Å². The first-order chi connectivity index (χ1) is 24.3. The van der Waals surface area contributed by atoms with E-state index < -0.39 is 75.4 Å². The highest BCUT2D eigenvalue weighted by Gasteiger charge is 2.67. The number of nitrogen functional groups attached to an aromatic ring is 1. The Kier molecular flexibility index (Phi) is 8.52. The summed E-state index contributed by atoms with van der Waals surface area (Å²) in [6.45, 7) is 0.746. The molecule has 1 fully saturated rings. The number of nitrogens with two attached hydrogens (primary N) is 1. The van der Waals surface area contributed by atoms with Gasteiger partial charge in [-0.15, -0.1) is 0 Å². The van der Waals surface area contributed by atoms with Crippen molar-refractivity contribution >= 4 is 55.5 Å². The Bertz CT molecular complexity index is 2390. The van der Waals surface area contributed by atoms with Crippen LogP contribution in [0, 0.1) is 24.5 Å². The van der Waals surface area contributed by atoms with Gasteiger partial charge in [-0.25, -0.2) is 21.8 Å². The molecule has 1 unspecified atom stereocenters. The third-order valence-corrected chi connectivity index (χ3v) is 10.2. The summed E-state index contributed by atoms with van der Waals surface area (Å²) in [7, 11) is -1.19. The Morgan fingerprint density at radius 1 is 1.13 bits per heavy atom. The molecule has 0 radical (unpaired) electrons. The van der Waals surface area contributed by atoms with Crippen LogP contribution >= 0.6 is 11.6 Å². The van der Waals surface area contributed by atoms with Crippen molar-refractivity contribution in [3.63, 3.8) is 0 Å². The second-order valence-corrected chi connectivity index (χ2v) is 15.9. The van der Waals surface area contributed by atoms with E-state index in [9.17, 15) is 26.6 Å². The molecule has 10 nitrogen and oxygen atoms in total. The summed E-state index contributed by atoms with van der Waals surface area (Å²) in [5.74, 6) is -4.25. The van der Waals surface area contributed by atoms with E-state index in [1.807, 2.05) is 0 Å².